The third kappa shape index (κ3) is 2.88. The number of amides is 1. The summed E-state index contributed by atoms with van der Waals surface area (Å²) in [5.41, 5.74) is 0. The Labute approximate surface area is 85.5 Å². The zero-order chi connectivity index (χ0) is 9.84. The molecule has 4 heteroatoms. The van der Waals surface area contributed by atoms with Crippen molar-refractivity contribution >= 4 is 18.5 Å². The smallest absolute Gasteiger partial charge is 0.232 e. The first-order valence-corrected chi connectivity index (χ1v) is 5.33. The topological polar surface area (TPSA) is 23.6 Å². The molecule has 0 aromatic carbocycles. The SMILES string of the molecule is CN1CCCC(N(C)C(=O)CS)C1. The molecule has 1 unspecified atom stereocenters. The lowest BCUT2D eigenvalue weighted by Crippen LogP contribution is -2.47. The lowest BCUT2D eigenvalue weighted by molar-refractivity contribution is -0.130. The lowest BCUT2D eigenvalue weighted by Gasteiger charge is -2.35. The third-order valence-corrected chi connectivity index (χ3v) is 2.95. The Morgan fingerprint density at radius 1 is 1.69 bits per heavy atom. The van der Waals surface area contributed by atoms with E-state index < -0.39 is 0 Å². The fraction of sp³-hybridized carbons (Fsp3) is 0.889. The highest BCUT2D eigenvalue weighted by atomic mass is 32.1. The molecule has 3 nitrogen and oxygen atoms in total. The molecule has 1 heterocycles. The van der Waals surface area contributed by atoms with Crippen LogP contribution in [0.3, 0.4) is 0 Å². The molecule has 0 aromatic rings. The van der Waals surface area contributed by atoms with Crippen molar-refractivity contribution in [3.63, 3.8) is 0 Å². The summed E-state index contributed by atoms with van der Waals surface area (Å²) in [6, 6.07) is 0.387. The zero-order valence-electron chi connectivity index (χ0n) is 8.36. The summed E-state index contributed by atoms with van der Waals surface area (Å²) in [6.45, 7) is 2.15. The predicted molar refractivity (Wildman–Crippen MR) is 57.1 cm³/mol. The molecule has 76 valence electrons. The number of carbonyl (C=O) groups is 1. The number of likely N-dealkylation sites (tertiary alicyclic amines) is 1. The minimum absolute atomic E-state index is 0.128. The molecular formula is C9H18N2OS. The molecule has 0 radical (unpaired) electrons. The van der Waals surface area contributed by atoms with Crippen molar-refractivity contribution in [2.75, 3.05) is 32.9 Å². The maximum absolute atomic E-state index is 11.3. The molecule has 1 fully saturated rings. The normalized spacial score (nSPS) is 24.4. The van der Waals surface area contributed by atoms with Gasteiger partial charge in [0.15, 0.2) is 0 Å². The minimum Gasteiger partial charge on any atom is -0.341 e. The number of rotatable bonds is 2. The summed E-state index contributed by atoms with van der Waals surface area (Å²) in [6.07, 6.45) is 2.31. The largest absolute Gasteiger partial charge is 0.341 e. The van der Waals surface area contributed by atoms with E-state index in [0.29, 0.717) is 11.8 Å². The molecule has 0 aliphatic carbocycles. The molecule has 0 bridgehead atoms. The molecule has 1 saturated heterocycles. The van der Waals surface area contributed by atoms with E-state index in [2.05, 4.69) is 24.6 Å². The maximum Gasteiger partial charge on any atom is 0.232 e. The Hall–Kier alpha value is -0.220. The van der Waals surface area contributed by atoms with Crippen LogP contribution < -0.4 is 0 Å². The minimum atomic E-state index is 0.128. The molecule has 0 N–H and O–H groups in total. The van der Waals surface area contributed by atoms with Crippen molar-refractivity contribution in [3.8, 4) is 0 Å². The molecule has 1 aliphatic rings. The van der Waals surface area contributed by atoms with Crippen LogP contribution in [-0.2, 0) is 4.79 Å². The molecule has 0 saturated carbocycles. The number of piperidine rings is 1. The van der Waals surface area contributed by atoms with Crippen molar-refractivity contribution < 1.29 is 4.79 Å². The van der Waals surface area contributed by atoms with Crippen molar-refractivity contribution in [1.29, 1.82) is 0 Å². The highest BCUT2D eigenvalue weighted by molar-refractivity contribution is 7.81. The summed E-state index contributed by atoms with van der Waals surface area (Å²) in [7, 11) is 3.98. The standard InChI is InChI=1S/C9H18N2OS/c1-10-5-3-4-8(6-10)11(2)9(12)7-13/h8,13H,3-7H2,1-2H3. The molecule has 1 amide bonds. The van der Waals surface area contributed by atoms with Gasteiger partial charge >= 0.3 is 0 Å². The van der Waals surface area contributed by atoms with Crippen LogP contribution in [0.4, 0.5) is 0 Å². The second kappa shape index (κ2) is 4.86. The van der Waals surface area contributed by atoms with Crippen LogP contribution in [0.1, 0.15) is 12.8 Å². The van der Waals surface area contributed by atoms with E-state index in [0.717, 1.165) is 19.5 Å². The van der Waals surface area contributed by atoms with E-state index in [1.54, 1.807) is 0 Å². The second-order valence-corrected chi connectivity index (χ2v) is 4.04. The van der Waals surface area contributed by atoms with Crippen LogP contribution in [0.2, 0.25) is 0 Å². The average Bonchev–Trinajstić information content (AvgIpc) is 2.15. The van der Waals surface area contributed by atoms with E-state index in [9.17, 15) is 4.79 Å². The molecule has 0 aromatic heterocycles. The van der Waals surface area contributed by atoms with Crippen LogP contribution in [0, 0.1) is 0 Å². The van der Waals surface area contributed by atoms with Gasteiger partial charge in [0.1, 0.15) is 0 Å². The fourth-order valence-corrected chi connectivity index (χ4v) is 1.99. The molecule has 1 atom stereocenters. The van der Waals surface area contributed by atoms with Crippen LogP contribution in [0.5, 0.6) is 0 Å². The van der Waals surface area contributed by atoms with Gasteiger partial charge in [0.25, 0.3) is 0 Å². The summed E-state index contributed by atoms with van der Waals surface area (Å²) in [4.78, 5) is 15.5. The van der Waals surface area contributed by atoms with E-state index in [1.807, 2.05) is 11.9 Å². The highest BCUT2D eigenvalue weighted by Gasteiger charge is 2.23. The van der Waals surface area contributed by atoms with Gasteiger partial charge in [0.2, 0.25) is 5.91 Å². The second-order valence-electron chi connectivity index (χ2n) is 3.72. The Bertz CT molecular complexity index is 186. The van der Waals surface area contributed by atoms with Crippen LogP contribution in [0.15, 0.2) is 0 Å². The van der Waals surface area contributed by atoms with Crippen molar-refractivity contribution in [2.45, 2.75) is 18.9 Å². The van der Waals surface area contributed by atoms with Gasteiger partial charge in [-0.3, -0.25) is 4.79 Å². The summed E-state index contributed by atoms with van der Waals surface area (Å²) in [5, 5.41) is 0. The number of thiol groups is 1. The van der Waals surface area contributed by atoms with E-state index in [-0.39, 0.29) is 5.91 Å². The first-order chi connectivity index (χ1) is 6.15. The number of hydrogen-bond acceptors (Lipinski definition) is 3. The Kier molecular flexibility index (Phi) is 4.06. The van der Waals surface area contributed by atoms with E-state index >= 15 is 0 Å². The highest BCUT2D eigenvalue weighted by Crippen LogP contribution is 2.13. The summed E-state index contributed by atoms with van der Waals surface area (Å²) < 4.78 is 0. The number of hydrogen-bond donors (Lipinski definition) is 1. The van der Waals surface area contributed by atoms with Gasteiger partial charge in [0, 0.05) is 19.6 Å². The predicted octanol–water partition coefficient (Wildman–Crippen LogP) is 0.469. The number of nitrogens with zero attached hydrogens (tertiary/aromatic N) is 2. The van der Waals surface area contributed by atoms with Crippen LogP contribution >= 0.6 is 12.6 Å². The molecule has 0 spiro atoms. The quantitative estimate of drug-likeness (QED) is 0.658. The summed E-state index contributed by atoms with van der Waals surface area (Å²) >= 11 is 3.99. The fourth-order valence-electron chi connectivity index (χ4n) is 1.77. The Morgan fingerprint density at radius 2 is 2.38 bits per heavy atom. The van der Waals surface area contributed by atoms with Gasteiger partial charge < -0.3 is 9.80 Å². The molecule has 1 rings (SSSR count). The number of carbonyl (C=O) groups excluding carboxylic acids is 1. The molecular weight excluding hydrogens is 184 g/mol. The van der Waals surface area contributed by atoms with Gasteiger partial charge in [-0.1, -0.05) is 0 Å². The summed E-state index contributed by atoms with van der Waals surface area (Å²) in [5.74, 6) is 0.445. The monoisotopic (exact) mass is 202 g/mol. The van der Waals surface area contributed by atoms with Crippen LogP contribution in [0.25, 0.3) is 0 Å². The van der Waals surface area contributed by atoms with Gasteiger partial charge in [0.05, 0.1) is 5.75 Å². The molecule has 1 aliphatic heterocycles. The van der Waals surface area contributed by atoms with Crippen LogP contribution in [-0.4, -0.2) is 54.7 Å². The van der Waals surface area contributed by atoms with E-state index in [1.165, 1.54) is 6.42 Å². The van der Waals surface area contributed by atoms with Gasteiger partial charge in [-0.2, -0.15) is 12.6 Å². The lowest BCUT2D eigenvalue weighted by atomic mass is 10.1. The maximum atomic E-state index is 11.3. The van der Waals surface area contributed by atoms with Gasteiger partial charge in [-0.05, 0) is 26.4 Å². The van der Waals surface area contributed by atoms with Crippen molar-refractivity contribution in [1.82, 2.24) is 9.80 Å². The first-order valence-electron chi connectivity index (χ1n) is 4.70. The Balaban J connectivity index is 2.45. The first kappa shape index (κ1) is 10.9. The molecule has 13 heavy (non-hydrogen) atoms. The third-order valence-electron chi connectivity index (χ3n) is 2.68. The average molecular weight is 202 g/mol. The van der Waals surface area contributed by atoms with Gasteiger partial charge in [-0.15, -0.1) is 0 Å². The zero-order valence-corrected chi connectivity index (χ0v) is 9.26. The van der Waals surface area contributed by atoms with Gasteiger partial charge in [-0.25, -0.2) is 0 Å². The van der Waals surface area contributed by atoms with Crippen molar-refractivity contribution in [2.24, 2.45) is 0 Å². The van der Waals surface area contributed by atoms with E-state index in [4.69, 9.17) is 0 Å². The number of likely N-dealkylation sites (N-methyl/N-ethyl adjacent to an activating group) is 2. The Morgan fingerprint density at radius 3 is 2.92 bits per heavy atom. The van der Waals surface area contributed by atoms with Crippen molar-refractivity contribution in [3.05, 3.63) is 0 Å².